The first kappa shape index (κ1) is 18.5. The Morgan fingerprint density at radius 3 is 2.80 bits per heavy atom. The van der Waals surface area contributed by atoms with Crippen LogP contribution >= 0.6 is 12.4 Å². The second kappa shape index (κ2) is 7.55. The molecule has 138 valence electrons. The zero-order chi connectivity index (χ0) is 16.6. The molecule has 4 rings (SSSR count). The Hall–Kier alpha value is -1.26. The molecular formula is C20H29ClN2O2. The summed E-state index contributed by atoms with van der Waals surface area (Å²) < 4.78 is 5.25. The number of nitrogens with zero attached hydrogens (tertiary/aromatic N) is 1. The largest absolute Gasteiger partial charge is 0.497 e. The number of fused-ring (bicyclic) bond motifs is 1. The number of likely N-dealkylation sites (tertiary alicyclic amines) is 1. The van der Waals surface area contributed by atoms with Gasteiger partial charge in [-0.1, -0.05) is 25.0 Å². The summed E-state index contributed by atoms with van der Waals surface area (Å²) in [5.41, 5.74) is 1.22. The van der Waals surface area contributed by atoms with Crippen molar-refractivity contribution in [1.82, 2.24) is 10.2 Å². The minimum atomic E-state index is -0.104. The van der Waals surface area contributed by atoms with Gasteiger partial charge in [-0.3, -0.25) is 4.79 Å². The van der Waals surface area contributed by atoms with Gasteiger partial charge in [0.05, 0.1) is 12.5 Å². The second-order valence-electron chi connectivity index (χ2n) is 7.74. The fourth-order valence-electron chi connectivity index (χ4n) is 5.08. The van der Waals surface area contributed by atoms with Crippen molar-refractivity contribution in [3.63, 3.8) is 0 Å². The van der Waals surface area contributed by atoms with Crippen molar-refractivity contribution in [3.05, 3.63) is 29.8 Å². The van der Waals surface area contributed by atoms with Crippen molar-refractivity contribution in [1.29, 1.82) is 0 Å². The average Bonchev–Trinajstić information content (AvgIpc) is 3.29. The molecule has 1 aromatic carbocycles. The van der Waals surface area contributed by atoms with Gasteiger partial charge in [-0.25, -0.2) is 0 Å². The summed E-state index contributed by atoms with van der Waals surface area (Å²) in [6.45, 7) is 3.70. The van der Waals surface area contributed by atoms with E-state index in [1.807, 2.05) is 12.1 Å². The van der Waals surface area contributed by atoms with Crippen LogP contribution in [-0.4, -0.2) is 44.1 Å². The highest BCUT2D eigenvalue weighted by molar-refractivity contribution is 5.85. The van der Waals surface area contributed by atoms with E-state index in [1.54, 1.807) is 7.11 Å². The molecule has 1 unspecified atom stereocenters. The Bertz CT molecular complexity index is 606. The van der Waals surface area contributed by atoms with Gasteiger partial charge in [0.15, 0.2) is 0 Å². The highest BCUT2D eigenvalue weighted by Crippen LogP contribution is 2.46. The van der Waals surface area contributed by atoms with Gasteiger partial charge in [0.1, 0.15) is 5.75 Å². The Morgan fingerprint density at radius 1 is 1.24 bits per heavy atom. The summed E-state index contributed by atoms with van der Waals surface area (Å²) in [6.07, 6.45) is 5.86. The van der Waals surface area contributed by atoms with Crippen LogP contribution in [0.3, 0.4) is 0 Å². The van der Waals surface area contributed by atoms with E-state index in [4.69, 9.17) is 4.74 Å². The van der Waals surface area contributed by atoms with Gasteiger partial charge in [-0.2, -0.15) is 0 Å². The topological polar surface area (TPSA) is 41.6 Å². The number of halogens is 1. The number of ether oxygens (including phenoxy) is 1. The van der Waals surface area contributed by atoms with Crippen LogP contribution in [0.4, 0.5) is 0 Å². The molecule has 2 aliphatic heterocycles. The molecular weight excluding hydrogens is 336 g/mol. The maximum Gasteiger partial charge on any atom is 0.230 e. The molecule has 5 heteroatoms. The normalized spacial score (nSPS) is 31.3. The van der Waals surface area contributed by atoms with Crippen LogP contribution in [0.25, 0.3) is 0 Å². The number of carbonyl (C=O) groups excluding carboxylic acids is 1. The predicted molar refractivity (Wildman–Crippen MR) is 101 cm³/mol. The third-order valence-corrected chi connectivity index (χ3v) is 6.53. The number of hydrogen-bond acceptors (Lipinski definition) is 3. The van der Waals surface area contributed by atoms with Gasteiger partial charge < -0.3 is 15.0 Å². The molecule has 3 aliphatic rings. The fraction of sp³-hybridized carbons (Fsp3) is 0.650. The lowest BCUT2D eigenvalue weighted by Gasteiger charge is -2.39. The number of rotatable bonds is 3. The molecule has 2 saturated heterocycles. The van der Waals surface area contributed by atoms with E-state index in [0.717, 1.165) is 44.8 Å². The first-order valence-electron chi connectivity index (χ1n) is 9.37. The fourth-order valence-corrected chi connectivity index (χ4v) is 5.08. The zero-order valence-electron chi connectivity index (χ0n) is 15.0. The van der Waals surface area contributed by atoms with Crippen molar-refractivity contribution in [2.24, 2.45) is 11.3 Å². The lowest BCUT2D eigenvalue weighted by molar-refractivity contribution is -0.144. The molecule has 3 atom stereocenters. The molecule has 1 aliphatic carbocycles. The lowest BCUT2D eigenvalue weighted by atomic mass is 9.67. The van der Waals surface area contributed by atoms with Crippen LogP contribution in [0.2, 0.25) is 0 Å². The van der Waals surface area contributed by atoms with Crippen molar-refractivity contribution in [3.8, 4) is 5.75 Å². The molecule has 1 N–H and O–H groups in total. The Labute approximate surface area is 156 Å². The molecule has 4 nitrogen and oxygen atoms in total. The van der Waals surface area contributed by atoms with E-state index in [2.05, 4.69) is 22.3 Å². The van der Waals surface area contributed by atoms with Crippen molar-refractivity contribution in [2.45, 2.75) is 38.0 Å². The summed E-state index contributed by atoms with van der Waals surface area (Å²) in [4.78, 5) is 15.5. The zero-order valence-corrected chi connectivity index (χ0v) is 15.8. The highest BCUT2D eigenvalue weighted by Gasteiger charge is 2.52. The highest BCUT2D eigenvalue weighted by atomic mass is 35.5. The van der Waals surface area contributed by atoms with Crippen LogP contribution in [0, 0.1) is 11.3 Å². The minimum Gasteiger partial charge on any atom is -0.497 e. The van der Waals surface area contributed by atoms with Crippen molar-refractivity contribution in [2.75, 3.05) is 33.3 Å². The number of methoxy groups -OCH3 is 1. The van der Waals surface area contributed by atoms with Crippen LogP contribution < -0.4 is 10.1 Å². The van der Waals surface area contributed by atoms with Crippen LogP contribution in [-0.2, 0) is 4.79 Å². The Kier molecular flexibility index (Phi) is 5.59. The van der Waals surface area contributed by atoms with Crippen molar-refractivity contribution < 1.29 is 9.53 Å². The first-order valence-corrected chi connectivity index (χ1v) is 9.37. The van der Waals surface area contributed by atoms with E-state index in [9.17, 15) is 4.79 Å². The first-order chi connectivity index (χ1) is 11.7. The Balaban J connectivity index is 0.00000182. The van der Waals surface area contributed by atoms with Gasteiger partial charge in [-0.15, -0.1) is 12.4 Å². The number of benzene rings is 1. The molecule has 2 heterocycles. The quantitative estimate of drug-likeness (QED) is 0.895. The summed E-state index contributed by atoms with van der Waals surface area (Å²) >= 11 is 0. The summed E-state index contributed by atoms with van der Waals surface area (Å²) in [5.74, 6) is 2.34. The maximum absolute atomic E-state index is 13.3. The van der Waals surface area contributed by atoms with E-state index in [0.29, 0.717) is 17.7 Å². The summed E-state index contributed by atoms with van der Waals surface area (Å²) in [5, 5.41) is 3.50. The van der Waals surface area contributed by atoms with Gasteiger partial charge in [-0.05, 0) is 49.4 Å². The predicted octanol–water partition coefficient (Wildman–Crippen LogP) is 3.21. The molecule has 25 heavy (non-hydrogen) atoms. The van der Waals surface area contributed by atoms with Gasteiger partial charge >= 0.3 is 0 Å². The van der Waals surface area contributed by atoms with Gasteiger partial charge in [0.2, 0.25) is 5.91 Å². The van der Waals surface area contributed by atoms with E-state index in [-0.39, 0.29) is 17.8 Å². The smallest absolute Gasteiger partial charge is 0.230 e. The monoisotopic (exact) mass is 364 g/mol. The molecule has 0 radical (unpaired) electrons. The maximum atomic E-state index is 13.3. The van der Waals surface area contributed by atoms with Crippen LogP contribution in [0.15, 0.2) is 24.3 Å². The van der Waals surface area contributed by atoms with E-state index in [1.165, 1.54) is 24.8 Å². The second-order valence-corrected chi connectivity index (χ2v) is 7.74. The third kappa shape index (κ3) is 3.26. The third-order valence-electron chi connectivity index (χ3n) is 6.53. The molecule has 1 saturated carbocycles. The number of nitrogens with one attached hydrogen (secondary N) is 1. The van der Waals surface area contributed by atoms with Gasteiger partial charge in [0.25, 0.3) is 0 Å². The number of carbonyl (C=O) groups is 1. The van der Waals surface area contributed by atoms with Gasteiger partial charge in [0, 0.05) is 25.6 Å². The molecule has 3 fully saturated rings. The average molecular weight is 365 g/mol. The molecule has 0 bridgehead atoms. The molecule has 0 spiro atoms. The molecule has 0 aromatic heterocycles. The summed E-state index contributed by atoms with van der Waals surface area (Å²) in [6, 6.07) is 8.35. The van der Waals surface area contributed by atoms with Crippen LogP contribution in [0.5, 0.6) is 5.75 Å². The van der Waals surface area contributed by atoms with Crippen LogP contribution in [0.1, 0.15) is 43.6 Å². The van der Waals surface area contributed by atoms with E-state index >= 15 is 0 Å². The number of hydrogen-bond donors (Lipinski definition) is 1. The standard InChI is InChI=1S/C20H28N2O2.ClH/c1-24-18-7-5-15(6-8-18)16-9-11-22(13-16)19(23)20-10-3-2-4-17(20)12-21-14-20;/h5-8,16-17,21H,2-4,9-14H2,1H3;1H/t16?,17-,20+;/m0./s1. The number of amides is 1. The SMILES string of the molecule is COc1ccc(C2CCN(C(=O)[C@@]34CCCC[C@H]3CNC4)C2)cc1.Cl. The Morgan fingerprint density at radius 2 is 2.04 bits per heavy atom. The van der Waals surface area contributed by atoms with E-state index < -0.39 is 0 Å². The lowest BCUT2D eigenvalue weighted by Crippen LogP contribution is -2.49. The minimum absolute atomic E-state index is 0. The van der Waals surface area contributed by atoms with Crippen molar-refractivity contribution >= 4 is 18.3 Å². The molecule has 1 aromatic rings. The molecule has 1 amide bonds. The summed E-state index contributed by atoms with van der Waals surface area (Å²) in [7, 11) is 1.69.